The highest BCUT2D eigenvalue weighted by molar-refractivity contribution is 5.95. The molecule has 29 heavy (non-hydrogen) atoms. The van der Waals surface area contributed by atoms with Crippen LogP contribution in [0.5, 0.6) is 0 Å². The molecule has 0 aliphatic carbocycles. The van der Waals surface area contributed by atoms with E-state index in [1.807, 2.05) is 35.2 Å². The van der Waals surface area contributed by atoms with Gasteiger partial charge in [0.2, 0.25) is 5.91 Å². The summed E-state index contributed by atoms with van der Waals surface area (Å²) >= 11 is 0. The number of hydrogen-bond donors (Lipinski definition) is 1. The van der Waals surface area contributed by atoms with Crippen molar-refractivity contribution in [1.29, 1.82) is 5.26 Å². The minimum Gasteiger partial charge on any atom is -0.374 e. The first kappa shape index (κ1) is 18.9. The Morgan fingerprint density at radius 3 is 2.59 bits per heavy atom. The fourth-order valence-corrected chi connectivity index (χ4v) is 4.03. The Morgan fingerprint density at radius 1 is 1.10 bits per heavy atom. The van der Waals surface area contributed by atoms with Gasteiger partial charge in [-0.25, -0.2) is 0 Å². The number of benzene rings is 2. The number of amides is 1. The number of nitriles is 1. The average Bonchev–Trinajstić information content (AvgIpc) is 2.78. The van der Waals surface area contributed by atoms with Crippen LogP contribution in [0.15, 0.2) is 60.8 Å². The Bertz CT molecular complexity index is 1030. The highest BCUT2D eigenvalue weighted by Crippen LogP contribution is 2.26. The number of pyridine rings is 1. The third-order valence-electron chi connectivity index (χ3n) is 5.65. The SMILES string of the molecule is N#Cc1cnc2ccccc2c1NCC(=O)N1CCC(Cc2ccccc2)CC1. The normalized spacial score (nSPS) is 14.5. The van der Waals surface area contributed by atoms with Crippen molar-refractivity contribution < 1.29 is 4.79 Å². The molecule has 0 radical (unpaired) electrons. The van der Waals surface area contributed by atoms with Crippen LogP contribution in [0.4, 0.5) is 5.69 Å². The molecule has 0 atom stereocenters. The number of fused-ring (bicyclic) bond motifs is 1. The summed E-state index contributed by atoms with van der Waals surface area (Å²) in [7, 11) is 0. The van der Waals surface area contributed by atoms with Gasteiger partial charge in [0.15, 0.2) is 0 Å². The molecule has 1 aromatic heterocycles. The molecule has 146 valence electrons. The van der Waals surface area contributed by atoms with E-state index in [-0.39, 0.29) is 12.5 Å². The van der Waals surface area contributed by atoms with E-state index in [2.05, 4.69) is 40.6 Å². The lowest BCUT2D eigenvalue weighted by molar-refractivity contribution is -0.130. The first-order valence-corrected chi connectivity index (χ1v) is 10.1. The number of nitrogens with zero attached hydrogens (tertiary/aromatic N) is 3. The zero-order chi connectivity index (χ0) is 20.1. The van der Waals surface area contributed by atoms with E-state index in [1.165, 1.54) is 5.56 Å². The quantitative estimate of drug-likeness (QED) is 0.722. The van der Waals surface area contributed by atoms with Crippen molar-refractivity contribution in [3.8, 4) is 6.07 Å². The molecule has 2 heterocycles. The average molecular weight is 384 g/mol. The summed E-state index contributed by atoms with van der Waals surface area (Å²) in [4.78, 5) is 19.0. The molecule has 4 rings (SSSR count). The maximum atomic E-state index is 12.7. The number of hydrogen-bond acceptors (Lipinski definition) is 4. The Balaban J connectivity index is 1.35. The van der Waals surface area contributed by atoms with Crippen LogP contribution in [0.1, 0.15) is 24.0 Å². The summed E-state index contributed by atoms with van der Waals surface area (Å²) in [5.74, 6) is 0.705. The number of likely N-dealkylation sites (tertiary alicyclic amines) is 1. The maximum Gasteiger partial charge on any atom is 0.241 e. The van der Waals surface area contributed by atoms with E-state index < -0.39 is 0 Å². The molecule has 3 aromatic rings. The minimum absolute atomic E-state index is 0.0768. The largest absolute Gasteiger partial charge is 0.374 e. The van der Waals surface area contributed by atoms with Gasteiger partial charge in [0.25, 0.3) is 0 Å². The fraction of sp³-hybridized carbons (Fsp3) is 0.292. The van der Waals surface area contributed by atoms with Crippen LogP contribution in [0, 0.1) is 17.2 Å². The van der Waals surface area contributed by atoms with Crippen LogP contribution in [0.2, 0.25) is 0 Å². The molecule has 0 bridgehead atoms. The van der Waals surface area contributed by atoms with Gasteiger partial charge in [-0.3, -0.25) is 9.78 Å². The fourth-order valence-electron chi connectivity index (χ4n) is 4.03. The zero-order valence-corrected chi connectivity index (χ0v) is 16.3. The molecule has 1 amide bonds. The molecular formula is C24H24N4O. The van der Waals surface area contributed by atoms with Crippen LogP contribution in [0.3, 0.4) is 0 Å². The van der Waals surface area contributed by atoms with E-state index in [0.717, 1.165) is 43.3 Å². The van der Waals surface area contributed by atoms with Gasteiger partial charge in [-0.2, -0.15) is 5.26 Å². The van der Waals surface area contributed by atoms with Crippen LogP contribution in [0.25, 0.3) is 10.9 Å². The predicted molar refractivity (Wildman–Crippen MR) is 114 cm³/mol. The minimum atomic E-state index is 0.0768. The molecule has 5 heteroatoms. The van der Waals surface area contributed by atoms with Crippen molar-refractivity contribution >= 4 is 22.5 Å². The summed E-state index contributed by atoms with van der Waals surface area (Å²) in [6, 6.07) is 20.4. The topological polar surface area (TPSA) is 69.0 Å². The Hall–Kier alpha value is -3.39. The van der Waals surface area contributed by atoms with Gasteiger partial charge in [0.05, 0.1) is 23.3 Å². The predicted octanol–water partition coefficient (Wildman–Crippen LogP) is 4.00. The number of rotatable bonds is 5. The van der Waals surface area contributed by atoms with E-state index in [9.17, 15) is 10.1 Å². The molecule has 1 saturated heterocycles. The van der Waals surface area contributed by atoms with E-state index in [1.54, 1.807) is 6.20 Å². The van der Waals surface area contributed by atoms with Gasteiger partial charge in [-0.05, 0) is 36.8 Å². The summed E-state index contributed by atoms with van der Waals surface area (Å²) in [6.45, 7) is 1.77. The van der Waals surface area contributed by atoms with Crippen LogP contribution in [-0.2, 0) is 11.2 Å². The Kier molecular flexibility index (Phi) is 5.71. The second-order valence-corrected chi connectivity index (χ2v) is 7.54. The zero-order valence-electron chi connectivity index (χ0n) is 16.3. The second-order valence-electron chi connectivity index (χ2n) is 7.54. The van der Waals surface area contributed by atoms with Crippen LogP contribution < -0.4 is 5.32 Å². The number of carbonyl (C=O) groups is 1. The number of anilines is 1. The maximum absolute atomic E-state index is 12.7. The van der Waals surface area contributed by atoms with E-state index in [4.69, 9.17) is 0 Å². The molecule has 5 nitrogen and oxygen atoms in total. The molecule has 1 aliphatic heterocycles. The molecule has 1 fully saturated rings. The van der Waals surface area contributed by atoms with Crippen molar-refractivity contribution in [1.82, 2.24) is 9.88 Å². The summed E-state index contributed by atoms with van der Waals surface area (Å²) in [5.41, 5.74) is 3.32. The number of aromatic nitrogens is 1. The lowest BCUT2D eigenvalue weighted by Crippen LogP contribution is -2.41. The van der Waals surface area contributed by atoms with Gasteiger partial charge in [0.1, 0.15) is 6.07 Å². The summed E-state index contributed by atoms with van der Waals surface area (Å²) in [6.07, 6.45) is 4.70. The number of para-hydroxylation sites is 1. The smallest absolute Gasteiger partial charge is 0.241 e. The molecule has 1 N–H and O–H groups in total. The van der Waals surface area contributed by atoms with Gasteiger partial charge in [-0.15, -0.1) is 0 Å². The van der Waals surface area contributed by atoms with E-state index >= 15 is 0 Å². The molecular weight excluding hydrogens is 360 g/mol. The van der Waals surface area contributed by atoms with Gasteiger partial charge < -0.3 is 10.2 Å². The van der Waals surface area contributed by atoms with Crippen molar-refractivity contribution in [2.24, 2.45) is 5.92 Å². The monoisotopic (exact) mass is 384 g/mol. The second kappa shape index (κ2) is 8.74. The third-order valence-corrected chi connectivity index (χ3v) is 5.65. The Labute approximate surface area is 171 Å². The van der Waals surface area contributed by atoms with Crippen molar-refractivity contribution in [3.63, 3.8) is 0 Å². The van der Waals surface area contributed by atoms with E-state index in [0.29, 0.717) is 17.2 Å². The van der Waals surface area contributed by atoms with Gasteiger partial charge >= 0.3 is 0 Å². The summed E-state index contributed by atoms with van der Waals surface area (Å²) in [5, 5.41) is 13.5. The van der Waals surface area contributed by atoms with Crippen molar-refractivity contribution in [2.75, 3.05) is 25.0 Å². The number of piperidine rings is 1. The standard InChI is InChI=1S/C24H24N4O/c25-15-20-16-26-22-9-5-4-8-21(22)24(20)27-17-23(29)28-12-10-19(11-13-28)14-18-6-2-1-3-7-18/h1-9,16,19H,10-14,17H2,(H,26,27). The number of carbonyl (C=O) groups excluding carboxylic acids is 1. The molecule has 2 aromatic carbocycles. The third kappa shape index (κ3) is 4.38. The number of nitrogens with one attached hydrogen (secondary N) is 1. The van der Waals surface area contributed by atoms with Gasteiger partial charge in [-0.1, -0.05) is 48.5 Å². The highest BCUT2D eigenvalue weighted by Gasteiger charge is 2.23. The molecule has 1 aliphatic rings. The lowest BCUT2D eigenvalue weighted by atomic mass is 9.90. The van der Waals surface area contributed by atoms with Crippen LogP contribution in [-0.4, -0.2) is 35.4 Å². The van der Waals surface area contributed by atoms with Crippen molar-refractivity contribution in [2.45, 2.75) is 19.3 Å². The van der Waals surface area contributed by atoms with Crippen LogP contribution >= 0.6 is 0 Å². The molecule has 0 spiro atoms. The van der Waals surface area contributed by atoms with Gasteiger partial charge in [0, 0.05) is 24.7 Å². The summed E-state index contributed by atoms with van der Waals surface area (Å²) < 4.78 is 0. The highest BCUT2D eigenvalue weighted by atomic mass is 16.2. The first-order chi connectivity index (χ1) is 14.2. The lowest BCUT2D eigenvalue weighted by Gasteiger charge is -2.32. The molecule has 0 unspecified atom stereocenters. The first-order valence-electron chi connectivity index (χ1n) is 10.1. The molecule has 0 saturated carbocycles. The Morgan fingerprint density at radius 2 is 1.83 bits per heavy atom. The van der Waals surface area contributed by atoms with Crippen molar-refractivity contribution in [3.05, 3.63) is 71.9 Å².